The molecule has 1 N–H and O–H groups in total. The van der Waals surface area contributed by atoms with Gasteiger partial charge in [-0.05, 0) is 61.4 Å². The first-order valence-corrected chi connectivity index (χ1v) is 12.4. The van der Waals surface area contributed by atoms with Gasteiger partial charge in [0.05, 0.1) is 22.7 Å². The number of rotatable bonds is 6. The lowest BCUT2D eigenvalue weighted by molar-refractivity contribution is -0.137. The first-order valence-electron chi connectivity index (χ1n) is 10.6. The zero-order chi connectivity index (χ0) is 26.0. The topological polar surface area (TPSA) is 59.8 Å². The average Bonchev–Trinajstić information content (AvgIpc) is 3.23. The van der Waals surface area contributed by atoms with Gasteiger partial charge in [0.1, 0.15) is 0 Å². The molecule has 0 atom stereocenters. The molecule has 5 nitrogen and oxygen atoms in total. The third-order valence-corrected chi connectivity index (χ3v) is 6.61. The molecule has 1 amide bonds. The van der Waals surface area contributed by atoms with E-state index in [0.29, 0.717) is 16.0 Å². The summed E-state index contributed by atoms with van der Waals surface area (Å²) in [6.45, 7) is 3.90. The normalized spacial score (nSPS) is 11.5. The minimum atomic E-state index is -4.67. The molecule has 4 rings (SSSR count). The van der Waals surface area contributed by atoms with E-state index in [0.717, 1.165) is 46.3 Å². The lowest BCUT2D eigenvalue weighted by Crippen LogP contribution is -2.18. The molecule has 0 aliphatic heterocycles. The van der Waals surface area contributed by atoms with Crippen LogP contribution in [-0.4, -0.2) is 26.4 Å². The van der Waals surface area contributed by atoms with Crippen molar-refractivity contribution in [3.8, 4) is 17.1 Å². The number of alkyl halides is 3. The molecule has 0 fully saturated rings. The number of halogens is 5. The minimum Gasteiger partial charge on any atom is -0.325 e. The molecule has 1 heterocycles. The molecule has 0 saturated carbocycles. The SMILES string of the molecule is Cc1ccc(C)c(-n2c(SCC(=O)Nc3ccc(Cl)cc3C(F)(F)F)nnc2-c2cccc(Cl)c2)c1. The zero-order valence-electron chi connectivity index (χ0n) is 19.0. The maximum Gasteiger partial charge on any atom is 0.418 e. The minimum absolute atomic E-state index is 0.0788. The van der Waals surface area contributed by atoms with Crippen molar-refractivity contribution in [1.29, 1.82) is 0 Å². The third kappa shape index (κ3) is 5.86. The molecule has 0 saturated heterocycles. The summed E-state index contributed by atoms with van der Waals surface area (Å²) in [6, 6.07) is 16.3. The van der Waals surface area contributed by atoms with Crippen molar-refractivity contribution in [1.82, 2.24) is 14.8 Å². The second-order valence-electron chi connectivity index (χ2n) is 7.97. The molecular weight excluding hydrogens is 532 g/mol. The van der Waals surface area contributed by atoms with Crippen LogP contribution in [0.15, 0.2) is 65.8 Å². The first-order chi connectivity index (χ1) is 17.0. The molecule has 11 heteroatoms. The number of aromatic nitrogens is 3. The molecule has 0 aliphatic rings. The van der Waals surface area contributed by atoms with Gasteiger partial charge in [-0.3, -0.25) is 9.36 Å². The predicted octanol–water partition coefficient (Wildman–Crippen LogP) is 7.61. The van der Waals surface area contributed by atoms with Gasteiger partial charge in [0, 0.05) is 15.6 Å². The van der Waals surface area contributed by atoms with Crippen molar-refractivity contribution in [3.05, 3.63) is 87.4 Å². The number of carbonyl (C=O) groups excluding carboxylic acids is 1. The molecule has 186 valence electrons. The van der Waals surface area contributed by atoms with Gasteiger partial charge in [0.2, 0.25) is 5.91 Å². The monoisotopic (exact) mass is 550 g/mol. The van der Waals surface area contributed by atoms with E-state index in [4.69, 9.17) is 23.2 Å². The summed E-state index contributed by atoms with van der Waals surface area (Å²) in [4.78, 5) is 12.6. The van der Waals surface area contributed by atoms with Crippen LogP contribution in [0.5, 0.6) is 0 Å². The Morgan fingerprint density at radius 2 is 1.75 bits per heavy atom. The Kier molecular flexibility index (Phi) is 7.63. The molecule has 0 radical (unpaired) electrons. The van der Waals surface area contributed by atoms with Crippen LogP contribution < -0.4 is 5.32 Å². The van der Waals surface area contributed by atoms with Crippen LogP contribution in [0, 0.1) is 13.8 Å². The van der Waals surface area contributed by atoms with Crippen LogP contribution in [0.4, 0.5) is 18.9 Å². The Balaban J connectivity index is 1.65. The summed E-state index contributed by atoms with van der Waals surface area (Å²) >= 11 is 13.0. The number of anilines is 1. The summed E-state index contributed by atoms with van der Waals surface area (Å²) in [5, 5.41) is 11.8. The van der Waals surface area contributed by atoms with Crippen LogP contribution in [0.2, 0.25) is 10.0 Å². The number of aryl methyl sites for hydroxylation is 2. The Hall–Kier alpha value is -3.01. The molecule has 0 unspecified atom stereocenters. The Morgan fingerprint density at radius 3 is 2.47 bits per heavy atom. The number of hydrogen-bond acceptors (Lipinski definition) is 4. The molecule has 0 bridgehead atoms. The quantitative estimate of drug-likeness (QED) is 0.251. The predicted molar refractivity (Wildman–Crippen MR) is 137 cm³/mol. The van der Waals surface area contributed by atoms with E-state index >= 15 is 0 Å². The Labute approximate surface area is 219 Å². The summed E-state index contributed by atoms with van der Waals surface area (Å²) in [6.07, 6.45) is -4.67. The molecular formula is C25H19Cl2F3N4OS. The fourth-order valence-electron chi connectivity index (χ4n) is 3.53. The van der Waals surface area contributed by atoms with E-state index < -0.39 is 17.6 Å². The van der Waals surface area contributed by atoms with Gasteiger partial charge in [0.15, 0.2) is 11.0 Å². The molecule has 3 aromatic carbocycles. The van der Waals surface area contributed by atoms with Gasteiger partial charge < -0.3 is 5.32 Å². The smallest absolute Gasteiger partial charge is 0.325 e. The van der Waals surface area contributed by atoms with Gasteiger partial charge in [0.25, 0.3) is 0 Å². The lowest BCUT2D eigenvalue weighted by atomic mass is 10.1. The van der Waals surface area contributed by atoms with Crippen molar-refractivity contribution >= 4 is 46.6 Å². The van der Waals surface area contributed by atoms with Crippen molar-refractivity contribution in [2.75, 3.05) is 11.1 Å². The fourth-order valence-corrected chi connectivity index (χ4v) is 4.64. The highest BCUT2D eigenvalue weighted by Crippen LogP contribution is 2.37. The number of thioether (sulfide) groups is 1. The second kappa shape index (κ2) is 10.5. The highest BCUT2D eigenvalue weighted by Gasteiger charge is 2.34. The summed E-state index contributed by atoms with van der Waals surface area (Å²) in [5.74, 6) is -0.308. The molecule has 0 aliphatic carbocycles. The van der Waals surface area contributed by atoms with Crippen LogP contribution in [0.3, 0.4) is 0 Å². The van der Waals surface area contributed by atoms with Gasteiger partial charge in [-0.25, -0.2) is 0 Å². The van der Waals surface area contributed by atoms with Crippen LogP contribution in [0.1, 0.15) is 16.7 Å². The number of nitrogens with one attached hydrogen (secondary N) is 1. The largest absolute Gasteiger partial charge is 0.418 e. The average molecular weight is 551 g/mol. The van der Waals surface area contributed by atoms with E-state index in [1.807, 2.05) is 42.7 Å². The van der Waals surface area contributed by atoms with Crippen LogP contribution >= 0.6 is 35.0 Å². The third-order valence-electron chi connectivity index (χ3n) is 5.22. The maximum absolute atomic E-state index is 13.4. The fraction of sp³-hybridized carbons (Fsp3) is 0.160. The summed E-state index contributed by atoms with van der Waals surface area (Å²) in [5.41, 5.74) is 2.12. The highest BCUT2D eigenvalue weighted by molar-refractivity contribution is 7.99. The second-order valence-corrected chi connectivity index (χ2v) is 9.78. The van der Waals surface area contributed by atoms with Gasteiger partial charge in [-0.1, -0.05) is 59.2 Å². The van der Waals surface area contributed by atoms with Crippen molar-refractivity contribution < 1.29 is 18.0 Å². The number of amides is 1. The van der Waals surface area contributed by atoms with Crippen LogP contribution in [0.25, 0.3) is 17.1 Å². The van der Waals surface area contributed by atoms with E-state index in [-0.39, 0.29) is 16.5 Å². The molecule has 36 heavy (non-hydrogen) atoms. The number of carbonyl (C=O) groups is 1. The van der Waals surface area contributed by atoms with Gasteiger partial charge in [-0.2, -0.15) is 13.2 Å². The summed E-state index contributed by atoms with van der Waals surface area (Å²) in [7, 11) is 0. The molecule has 0 spiro atoms. The Bertz CT molecular complexity index is 1440. The van der Waals surface area contributed by atoms with Crippen molar-refractivity contribution in [2.24, 2.45) is 0 Å². The van der Waals surface area contributed by atoms with E-state index in [1.54, 1.807) is 18.2 Å². The molecule has 4 aromatic rings. The van der Waals surface area contributed by atoms with Crippen molar-refractivity contribution in [3.63, 3.8) is 0 Å². The lowest BCUT2D eigenvalue weighted by Gasteiger charge is -2.15. The first kappa shape index (κ1) is 26.1. The van der Waals surface area contributed by atoms with E-state index in [2.05, 4.69) is 15.5 Å². The zero-order valence-corrected chi connectivity index (χ0v) is 21.4. The Morgan fingerprint density at radius 1 is 1.00 bits per heavy atom. The number of benzene rings is 3. The van der Waals surface area contributed by atoms with E-state index in [1.165, 1.54) is 6.07 Å². The van der Waals surface area contributed by atoms with E-state index in [9.17, 15) is 18.0 Å². The molecule has 1 aromatic heterocycles. The standard InChI is InChI=1S/C25H19Cl2F3N4OS/c1-14-6-7-15(2)21(10-14)34-23(16-4-3-5-17(26)11-16)32-33-24(34)36-13-22(35)31-20-9-8-18(27)12-19(20)25(28,29)30/h3-12H,13H2,1-2H3,(H,31,35). The summed E-state index contributed by atoms with van der Waals surface area (Å²) < 4.78 is 42.0. The maximum atomic E-state index is 13.4. The van der Waals surface area contributed by atoms with Gasteiger partial charge >= 0.3 is 6.18 Å². The van der Waals surface area contributed by atoms with Crippen LogP contribution in [-0.2, 0) is 11.0 Å². The number of nitrogens with zero attached hydrogens (tertiary/aromatic N) is 3. The highest BCUT2D eigenvalue weighted by atomic mass is 35.5. The van der Waals surface area contributed by atoms with Crippen molar-refractivity contribution in [2.45, 2.75) is 25.2 Å². The van der Waals surface area contributed by atoms with Gasteiger partial charge in [-0.15, -0.1) is 10.2 Å². The number of hydrogen-bond donors (Lipinski definition) is 1.